The fourth-order valence-corrected chi connectivity index (χ4v) is 4.95. The van der Waals surface area contributed by atoms with Gasteiger partial charge in [0.1, 0.15) is 13.2 Å². The monoisotopic (exact) mass is 645 g/mol. The van der Waals surface area contributed by atoms with E-state index in [9.17, 15) is 19.5 Å². The van der Waals surface area contributed by atoms with Crippen LogP contribution in [0.5, 0.6) is 0 Å². The summed E-state index contributed by atoms with van der Waals surface area (Å²) in [5, 5.41) is 9.54. The van der Waals surface area contributed by atoms with E-state index in [1.807, 2.05) is 21.1 Å². The molecule has 266 valence electrons. The number of hydrogen-bond donors (Lipinski definition) is 1. The Hall–Kier alpha value is -1.71. The van der Waals surface area contributed by atoms with Gasteiger partial charge in [0.2, 0.25) is 0 Å². The number of rotatable bonds is 33. The van der Waals surface area contributed by atoms with Crippen molar-refractivity contribution >= 4 is 17.9 Å². The number of unbranched alkanes of at least 4 members (excludes halogenated alkanes) is 18. The van der Waals surface area contributed by atoms with Gasteiger partial charge in [-0.25, -0.2) is 4.79 Å². The molecule has 0 saturated carbocycles. The summed E-state index contributed by atoms with van der Waals surface area (Å²) in [6.45, 7) is 4.79. The molecule has 0 spiro atoms. The van der Waals surface area contributed by atoms with Crippen LogP contribution in [0.1, 0.15) is 155 Å². The van der Waals surface area contributed by atoms with Crippen molar-refractivity contribution in [2.45, 2.75) is 167 Å². The second kappa shape index (κ2) is 29.7. The van der Waals surface area contributed by atoms with Crippen molar-refractivity contribution in [1.29, 1.82) is 0 Å². The zero-order chi connectivity index (χ0) is 33.6. The first-order chi connectivity index (χ1) is 21.6. The van der Waals surface area contributed by atoms with E-state index in [4.69, 9.17) is 18.9 Å². The standard InChI is InChI=1S/C36H69NO8/c1-6-8-10-12-14-15-16-17-18-19-20-21-23-25-27-34(39)45-32(30-43-33(38)26-24-22-13-11-9-7-2)31-44-36(35(40)41)42-29-28-37(3,4)5/h32,36H,6-31H2,1-5H3/p+1. The van der Waals surface area contributed by atoms with Crippen molar-refractivity contribution in [3.8, 4) is 0 Å². The summed E-state index contributed by atoms with van der Waals surface area (Å²) in [4.78, 5) is 36.6. The molecular formula is C36H70NO8+. The molecule has 0 heterocycles. The number of carbonyl (C=O) groups excluding carboxylic acids is 2. The van der Waals surface area contributed by atoms with Crippen LogP contribution in [0.25, 0.3) is 0 Å². The number of quaternary nitrogens is 1. The number of esters is 2. The number of carbonyl (C=O) groups is 3. The van der Waals surface area contributed by atoms with E-state index in [0.29, 0.717) is 17.4 Å². The van der Waals surface area contributed by atoms with E-state index in [1.165, 1.54) is 89.9 Å². The minimum Gasteiger partial charge on any atom is -0.477 e. The predicted molar refractivity (Wildman–Crippen MR) is 180 cm³/mol. The molecule has 45 heavy (non-hydrogen) atoms. The van der Waals surface area contributed by atoms with Gasteiger partial charge in [-0.15, -0.1) is 0 Å². The number of carboxylic acids is 1. The van der Waals surface area contributed by atoms with Crippen LogP contribution in [-0.4, -0.2) is 87.4 Å². The summed E-state index contributed by atoms with van der Waals surface area (Å²) >= 11 is 0. The van der Waals surface area contributed by atoms with Crippen molar-refractivity contribution in [3.63, 3.8) is 0 Å². The van der Waals surface area contributed by atoms with Crippen LogP contribution in [0, 0.1) is 0 Å². The molecule has 0 saturated heterocycles. The highest BCUT2D eigenvalue weighted by Crippen LogP contribution is 2.14. The van der Waals surface area contributed by atoms with Crippen molar-refractivity contribution in [1.82, 2.24) is 0 Å². The Morgan fingerprint density at radius 2 is 1.00 bits per heavy atom. The second-order valence-electron chi connectivity index (χ2n) is 13.5. The molecule has 9 nitrogen and oxygen atoms in total. The SMILES string of the molecule is CCCCCCCCCCCCCCCCC(=O)OC(COC(=O)CCCCCCCC)COC(OCC[N+](C)(C)C)C(=O)O. The summed E-state index contributed by atoms with van der Waals surface area (Å²) in [6.07, 6.45) is 21.8. The first-order valence-electron chi connectivity index (χ1n) is 18.2. The molecule has 0 aliphatic carbocycles. The summed E-state index contributed by atoms with van der Waals surface area (Å²) < 4.78 is 22.5. The molecule has 0 bridgehead atoms. The first-order valence-corrected chi connectivity index (χ1v) is 18.2. The van der Waals surface area contributed by atoms with Gasteiger partial charge in [0.15, 0.2) is 6.10 Å². The maximum Gasteiger partial charge on any atom is 0.361 e. The lowest BCUT2D eigenvalue weighted by molar-refractivity contribution is -0.870. The predicted octanol–water partition coefficient (Wildman–Crippen LogP) is 8.21. The highest BCUT2D eigenvalue weighted by molar-refractivity contribution is 5.71. The number of hydrogen-bond acceptors (Lipinski definition) is 7. The molecule has 2 unspecified atom stereocenters. The molecule has 0 rings (SSSR count). The average Bonchev–Trinajstić information content (AvgIpc) is 2.98. The lowest BCUT2D eigenvalue weighted by Crippen LogP contribution is -2.40. The quantitative estimate of drug-likeness (QED) is 0.0330. The van der Waals surface area contributed by atoms with Gasteiger partial charge >= 0.3 is 17.9 Å². The number of nitrogens with zero attached hydrogens (tertiary/aromatic N) is 1. The molecule has 0 aliphatic heterocycles. The lowest BCUT2D eigenvalue weighted by atomic mass is 10.0. The number of aliphatic carboxylic acids is 1. The number of ether oxygens (including phenoxy) is 4. The van der Waals surface area contributed by atoms with E-state index < -0.39 is 24.3 Å². The van der Waals surface area contributed by atoms with Gasteiger partial charge in [-0.1, -0.05) is 129 Å². The smallest absolute Gasteiger partial charge is 0.361 e. The molecule has 1 N–H and O–H groups in total. The third-order valence-electron chi connectivity index (χ3n) is 7.86. The van der Waals surface area contributed by atoms with Crippen molar-refractivity contribution in [2.75, 3.05) is 47.5 Å². The van der Waals surface area contributed by atoms with Crippen LogP contribution in [0.15, 0.2) is 0 Å². The van der Waals surface area contributed by atoms with Gasteiger partial charge in [-0.3, -0.25) is 9.59 Å². The largest absolute Gasteiger partial charge is 0.477 e. The number of carboxylic acid groups (broad SMARTS) is 1. The second-order valence-corrected chi connectivity index (χ2v) is 13.5. The lowest BCUT2D eigenvalue weighted by Gasteiger charge is -2.25. The van der Waals surface area contributed by atoms with Crippen molar-refractivity contribution < 1.29 is 42.9 Å². The molecule has 0 amide bonds. The normalized spacial score (nSPS) is 13.0. The summed E-state index contributed by atoms with van der Waals surface area (Å²) in [5.41, 5.74) is 0. The Labute approximate surface area is 275 Å². The molecule has 0 radical (unpaired) electrons. The molecule has 0 aliphatic rings. The number of likely N-dealkylation sites (N-methyl/N-ethyl adjacent to an activating group) is 1. The fourth-order valence-electron chi connectivity index (χ4n) is 4.95. The topological polar surface area (TPSA) is 108 Å². The Balaban J connectivity index is 4.47. The maximum atomic E-state index is 12.6. The van der Waals surface area contributed by atoms with E-state index in [2.05, 4.69) is 13.8 Å². The Bertz CT molecular complexity index is 724. The molecule has 2 atom stereocenters. The zero-order valence-corrected chi connectivity index (χ0v) is 29.8. The van der Waals surface area contributed by atoms with E-state index in [0.717, 1.165) is 38.5 Å². The average molecular weight is 645 g/mol. The summed E-state index contributed by atoms with van der Waals surface area (Å²) in [7, 11) is 5.94. The minimum atomic E-state index is -1.50. The third kappa shape index (κ3) is 30.7. The van der Waals surface area contributed by atoms with Gasteiger partial charge in [0.05, 0.1) is 34.4 Å². The highest BCUT2D eigenvalue weighted by Gasteiger charge is 2.25. The van der Waals surface area contributed by atoms with E-state index in [1.54, 1.807) is 0 Å². The van der Waals surface area contributed by atoms with Gasteiger partial charge in [0, 0.05) is 12.8 Å². The van der Waals surface area contributed by atoms with Crippen molar-refractivity contribution in [2.24, 2.45) is 0 Å². The van der Waals surface area contributed by atoms with Gasteiger partial charge in [-0.2, -0.15) is 0 Å². The minimum absolute atomic E-state index is 0.176. The first kappa shape index (κ1) is 43.3. The molecule has 0 aromatic heterocycles. The van der Waals surface area contributed by atoms with Crippen molar-refractivity contribution in [3.05, 3.63) is 0 Å². The van der Waals surface area contributed by atoms with Crippen LogP contribution >= 0.6 is 0 Å². The van der Waals surface area contributed by atoms with E-state index >= 15 is 0 Å². The summed E-state index contributed by atoms with van der Waals surface area (Å²) in [6, 6.07) is 0. The molecule has 0 aromatic carbocycles. The fraction of sp³-hybridized carbons (Fsp3) is 0.917. The molecule has 0 aromatic rings. The van der Waals surface area contributed by atoms with Gasteiger partial charge in [-0.05, 0) is 12.8 Å². The van der Waals surface area contributed by atoms with Gasteiger partial charge in [0.25, 0.3) is 6.29 Å². The van der Waals surface area contributed by atoms with Crippen LogP contribution in [-0.2, 0) is 33.3 Å². The molecular weight excluding hydrogens is 574 g/mol. The van der Waals surface area contributed by atoms with Gasteiger partial charge < -0.3 is 28.5 Å². The molecule has 9 heteroatoms. The van der Waals surface area contributed by atoms with Crippen LogP contribution in [0.4, 0.5) is 0 Å². The Morgan fingerprint density at radius 3 is 1.42 bits per heavy atom. The third-order valence-corrected chi connectivity index (χ3v) is 7.86. The molecule has 0 fully saturated rings. The Morgan fingerprint density at radius 1 is 0.578 bits per heavy atom. The van der Waals surface area contributed by atoms with Crippen LogP contribution < -0.4 is 0 Å². The Kier molecular flexibility index (Phi) is 28.5. The van der Waals surface area contributed by atoms with Crippen LogP contribution in [0.3, 0.4) is 0 Å². The zero-order valence-electron chi connectivity index (χ0n) is 29.8. The maximum absolute atomic E-state index is 12.6. The van der Waals surface area contributed by atoms with Crippen LogP contribution in [0.2, 0.25) is 0 Å². The summed E-state index contributed by atoms with van der Waals surface area (Å²) in [5.74, 6) is -2.01. The highest BCUT2D eigenvalue weighted by atomic mass is 16.7. The van der Waals surface area contributed by atoms with E-state index in [-0.39, 0.29) is 32.2 Å².